The van der Waals surface area contributed by atoms with Crippen LogP contribution in [0.1, 0.15) is 69.8 Å². The van der Waals surface area contributed by atoms with Crippen LogP contribution in [0.3, 0.4) is 0 Å². The largest absolute Gasteiger partial charge is 0.495 e. The average molecular weight is 482 g/mol. The van der Waals surface area contributed by atoms with Crippen LogP contribution in [-0.4, -0.2) is 38.0 Å². The molecular weight excluding hydrogens is 450 g/mol. The Balaban J connectivity index is 1.38. The Morgan fingerprint density at radius 3 is 2.54 bits per heavy atom. The molecule has 35 heavy (non-hydrogen) atoms. The third kappa shape index (κ3) is 4.00. The van der Waals surface area contributed by atoms with E-state index in [2.05, 4.69) is 0 Å². The van der Waals surface area contributed by atoms with Gasteiger partial charge in [-0.3, -0.25) is 4.79 Å². The third-order valence-corrected chi connectivity index (χ3v) is 8.08. The van der Waals surface area contributed by atoms with Gasteiger partial charge in [0.05, 0.1) is 30.8 Å². The number of benzene rings is 2. The molecule has 186 valence electrons. The van der Waals surface area contributed by atoms with Gasteiger partial charge in [0, 0.05) is 23.1 Å². The fourth-order valence-electron chi connectivity index (χ4n) is 5.23. The molecule has 2 aliphatic heterocycles. The number of carbonyl (C=O) groups excluding carboxylic acids is 1. The van der Waals surface area contributed by atoms with Gasteiger partial charge in [-0.1, -0.05) is 19.1 Å². The van der Waals surface area contributed by atoms with E-state index >= 15 is 4.39 Å². The van der Waals surface area contributed by atoms with Crippen LogP contribution in [0.4, 0.5) is 4.39 Å². The molecule has 0 radical (unpaired) electrons. The normalized spacial score (nSPS) is 24.5. The first kappa shape index (κ1) is 24.1. The summed E-state index contributed by atoms with van der Waals surface area (Å²) in [5.74, 6) is 0.368. The molecule has 1 aliphatic carbocycles. The van der Waals surface area contributed by atoms with Crippen molar-refractivity contribution in [3.8, 4) is 11.5 Å². The van der Waals surface area contributed by atoms with Gasteiger partial charge in [0.15, 0.2) is 0 Å². The molecule has 2 heterocycles. The van der Waals surface area contributed by atoms with E-state index in [1.807, 2.05) is 52.8 Å². The lowest BCUT2D eigenvalue weighted by molar-refractivity contribution is -0.145. The number of methoxy groups -OCH3 is 1. The second kappa shape index (κ2) is 8.52. The maximum absolute atomic E-state index is 15.1. The van der Waals surface area contributed by atoms with Crippen LogP contribution in [0.2, 0.25) is 0 Å². The summed E-state index contributed by atoms with van der Waals surface area (Å²) in [6.07, 6.45) is 0.914. The van der Waals surface area contributed by atoms with Gasteiger partial charge in [0.25, 0.3) is 0 Å². The standard InChI is InChI=1S/C27H32BFO6/c1-15(25(30)31-6)19-14-32-23-13-16(7-8-17(19)23)33-22-12-9-18-20(10-11-21(29)24(18)22)28-34-26(2,3)27(4,5)35-28/h7-8,10-11,13,15,19,22H,9,12,14H2,1-6H3/t15?,19?,22-/m1/s1. The molecule has 1 saturated heterocycles. The maximum atomic E-state index is 15.1. The second-order valence-corrected chi connectivity index (χ2v) is 10.7. The Morgan fingerprint density at radius 1 is 1.14 bits per heavy atom. The first-order chi connectivity index (χ1) is 16.5. The first-order valence-corrected chi connectivity index (χ1v) is 12.2. The molecule has 8 heteroatoms. The Labute approximate surface area is 206 Å². The van der Waals surface area contributed by atoms with Crippen molar-refractivity contribution in [1.29, 1.82) is 0 Å². The molecule has 2 aromatic rings. The van der Waals surface area contributed by atoms with Crippen molar-refractivity contribution >= 4 is 18.6 Å². The zero-order chi connectivity index (χ0) is 25.1. The van der Waals surface area contributed by atoms with Gasteiger partial charge in [0.1, 0.15) is 23.4 Å². The summed E-state index contributed by atoms with van der Waals surface area (Å²) in [5, 5.41) is 0. The minimum absolute atomic E-state index is 0.0707. The number of halogens is 1. The van der Waals surface area contributed by atoms with Crippen molar-refractivity contribution in [2.24, 2.45) is 5.92 Å². The average Bonchev–Trinajstić information content (AvgIpc) is 3.47. The van der Waals surface area contributed by atoms with Crippen molar-refractivity contribution in [2.75, 3.05) is 13.7 Å². The first-order valence-electron chi connectivity index (χ1n) is 12.2. The number of fused-ring (bicyclic) bond motifs is 2. The van der Waals surface area contributed by atoms with Crippen LogP contribution in [0.15, 0.2) is 30.3 Å². The number of carbonyl (C=O) groups is 1. The molecule has 2 aromatic carbocycles. The Morgan fingerprint density at radius 2 is 1.86 bits per heavy atom. The van der Waals surface area contributed by atoms with Gasteiger partial charge < -0.3 is 23.5 Å². The fraction of sp³-hybridized carbons (Fsp3) is 0.519. The fourth-order valence-corrected chi connectivity index (χ4v) is 5.23. The Hall–Kier alpha value is -2.58. The SMILES string of the molecule is COC(=O)C(C)C1COc2cc(O[C@@H]3CCc4c(B5OC(C)(C)C(C)(C)O5)ccc(F)c43)ccc21. The predicted molar refractivity (Wildman–Crippen MR) is 130 cm³/mol. The summed E-state index contributed by atoms with van der Waals surface area (Å²) < 4.78 is 44.6. The highest BCUT2D eigenvalue weighted by molar-refractivity contribution is 6.62. The van der Waals surface area contributed by atoms with Crippen LogP contribution in [0.5, 0.6) is 11.5 Å². The molecule has 0 N–H and O–H groups in total. The topological polar surface area (TPSA) is 63.2 Å². The minimum atomic E-state index is -0.546. The number of hydrogen-bond donors (Lipinski definition) is 0. The van der Waals surface area contributed by atoms with Crippen LogP contribution < -0.4 is 14.9 Å². The van der Waals surface area contributed by atoms with E-state index in [-0.39, 0.29) is 23.6 Å². The summed E-state index contributed by atoms with van der Waals surface area (Å²) in [6, 6.07) is 8.86. The molecule has 5 rings (SSSR count). The number of ether oxygens (including phenoxy) is 3. The summed E-state index contributed by atoms with van der Waals surface area (Å²) in [5.41, 5.74) is 2.34. The molecular formula is C27H32BFO6. The molecule has 3 aliphatic rings. The van der Waals surface area contributed by atoms with Gasteiger partial charge in [-0.15, -0.1) is 0 Å². The molecule has 1 fully saturated rings. The lowest BCUT2D eigenvalue weighted by Crippen LogP contribution is -2.41. The van der Waals surface area contributed by atoms with Crippen molar-refractivity contribution in [3.05, 3.63) is 52.8 Å². The molecule has 6 nitrogen and oxygen atoms in total. The van der Waals surface area contributed by atoms with Crippen LogP contribution >= 0.6 is 0 Å². The van der Waals surface area contributed by atoms with Crippen molar-refractivity contribution in [2.45, 2.75) is 70.7 Å². The molecule has 0 saturated carbocycles. The van der Waals surface area contributed by atoms with E-state index in [1.165, 1.54) is 13.2 Å². The summed E-state index contributed by atoms with van der Waals surface area (Å²) >= 11 is 0. The van der Waals surface area contributed by atoms with Crippen molar-refractivity contribution < 1.29 is 32.7 Å². The highest BCUT2D eigenvalue weighted by atomic mass is 19.1. The maximum Gasteiger partial charge on any atom is 0.495 e. The third-order valence-electron chi connectivity index (χ3n) is 8.08. The Kier molecular flexibility index (Phi) is 5.88. The molecule has 0 spiro atoms. The van der Waals surface area contributed by atoms with E-state index in [1.54, 1.807) is 6.07 Å². The molecule has 2 unspecified atom stereocenters. The van der Waals surface area contributed by atoms with Gasteiger partial charge >= 0.3 is 13.1 Å². The van der Waals surface area contributed by atoms with Gasteiger partial charge in [-0.05, 0) is 63.7 Å². The lowest BCUT2D eigenvalue weighted by Gasteiger charge is -2.32. The van der Waals surface area contributed by atoms with E-state index < -0.39 is 24.4 Å². The predicted octanol–water partition coefficient (Wildman–Crippen LogP) is 4.48. The van der Waals surface area contributed by atoms with E-state index in [9.17, 15) is 4.79 Å². The summed E-state index contributed by atoms with van der Waals surface area (Å²) in [4.78, 5) is 12.0. The lowest BCUT2D eigenvalue weighted by atomic mass is 9.75. The molecule has 0 bridgehead atoms. The highest BCUT2D eigenvalue weighted by Gasteiger charge is 2.53. The zero-order valence-electron chi connectivity index (χ0n) is 21.1. The van der Waals surface area contributed by atoms with E-state index in [4.69, 9.17) is 23.5 Å². The molecule has 0 amide bonds. The minimum Gasteiger partial charge on any atom is -0.492 e. The second-order valence-electron chi connectivity index (χ2n) is 10.7. The summed E-state index contributed by atoms with van der Waals surface area (Å²) in [6.45, 7) is 10.3. The van der Waals surface area contributed by atoms with Gasteiger partial charge in [-0.2, -0.15) is 0 Å². The van der Waals surface area contributed by atoms with Crippen LogP contribution in [0, 0.1) is 11.7 Å². The van der Waals surface area contributed by atoms with Crippen molar-refractivity contribution in [1.82, 2.24) is 0 Å². The van der Waals surface area contributed by atoms with Gasteiger partial charge in [0.2, 0.25) is 0 Å². The van der Waals surface area contributed by atoms with E-state index in [0.29, 0.717) is 36.5 Å². The van der Waals surface area contributed by atoms with Crippen LogP contribution in [-0.2, 0) is 25.3 Å². The van der Waals surface area contributed by atoms with Crippen molar-refractivity contribution in [3.63, 3.8) is 0 Å². The van der Waals surface area contributed by atoms with Crippen LogP contribution in [0.25, 0.3) is 0 Å². The summed E-state index contributed by atoms with van der Waals surface area (Å²) in [7, 11) is 0.846. The number of hydrogen-bond acceptors (Lipinski definition) is 6. The van der Waals surface area contributed by atoms with E-state index in [0.717, 1.165) is 16.6 Å². The molecule has 3 atom stereocenters. The quantitative estimate of drug-likeness (QED) is 0.463. The number of esters is 1. The number of rotatable bonds is 5. The highest BCUT2D eigenvalue weighted by Crippen LogP contribution is 2.43. The Bertz CT molecular complexity index is 1150. The zero-order valence-corrected chi connectivity index (χ0v) is 21.1. The molecule has 0 aromatic heterocycles. The monoisotopic (exact) mass is 482 g/mol. The van der Waals surface area contributed by atoms with Gasteiger partial charge in [-0.25, -0.2) is 4.39 Å². The smallest absolute Gasteiger partial charge is 0.492 e.